The van der Waals surface area contributed by atoms with E-state index in [4.69, 9.17) is 9.47 Å². The molecule has 0 spiro atoms. The van der Waals surface area contributed by atoms with Gasteiger partial charge in [0.15, 0.2) is 0 Å². The second-order valence-electron chi connectivity index (χ2n) is 6.15. The molecule has 0 aliphatic heterocycles. The van der Waals surface area contributed by atoms with Crippen molar-refractivity contribution in [3.05, 3.63) is 64.9 Å². The number of amides is 1. The van der Waals surface area contributed by atoms with E-state index in [9.17, 15) is 4.79 Å². The summed E-state index contributed by atoms with van der Waals surface area (Å²) in [7, 11) is 1.74. The molecule has 27 heavy (non-hydrogen) atoms. The van der Waals surface area contributed by atoms with Crippen molar-refractivity contribution in [2.75, 3.05) is 26.0 Å². The fourth-order valence-corrected chi connectivity index (χ4v) is 3.71. The van der Waals surface area contributed by atoms with Gasteiger partial charge in [0, 0.05) is 36.0 Å². The zero-order valence-electron chi connectivity index (χ0n) is 15.2. The molecule has 2 aromatic carbocycles. The second kappa shape index (κ2) is 9.67. The molecule has 0 radical (unpaired) electrons. The molecule has 1 heterocycles. The number of hydrogen-bond donors (Lipinski definition) is 1. The molecule has 0 N–H and O–H groups in total. The lowest BCUT2D eigenvalue weighted by atomic mass is 10.1. The Labute approximate surface area is 169 Å². The Kier molecular flexibility index (Phi) is 7.01. The SMILES string of the molecule is CN(CC[C@H](Oc1cccc2ccccc12)c1cccs1)C(=O)OCCS. The summed E-state index contributed by atoms with van der Waals surface area (Å²) in [5, 5.41) is 4.27. The van der Waals surface area contributed by atoms with Gasteiger partial charge in [-0.05, 0) is 22.9 Å². The molecule has 0 saturated heterocycles. The van der Waals surface area contributed by atoms with Crippen LogP contribution in [0.2, 0.25) is 0 Å². The Morgan fingerprint density at radius 1 is 1.15 bits per heavy atom. The van der Waals surface area contributed by atoms with Crippen LogP contribution in [0.1, 0.15) is 17.4 Å². The molecular formula is C21H23NO3S2. The molecule has 0 bridgehead atoms. The lowest BCUT2D eigenvalue weighted by Crippen LogP contribution is -2.30. The number of carbonyl (C=O) groups is 1. The monoisotopic (exact) mass is 401 g/mol. The summed E-state index contributed by atoms with van der Waals surface area (Å²) in [5.74, 6) is 1.37. The maximum atomic E-state index is 12.0. The van der Waals surface area contributed by atoms with E-state index in [0.29, 0.717) is 25.3 Å². The number of benzene rings is 2. The van der Waals surface area contributed by atoms with Gasteiger partial charge in [-0.1, -0.05) is 42.5 Å². The van der Waals surface area contributed by atoms with Crippen molar-refractivity contribution < 1.29 is 14.3 Å². The first-order valence-corrected chi connectivity index (χ1v) is 10.4. The third kappa shape index (κ3) is 5.17. The average molecular weight is 402 g/mol. The highest BCUT2D eigenvalue weighted by Gasteiger charge is 2.19. The first-order valence-electron chi connectivity index (χ1n) is 8.85. The first kappa shape index (κ1) is 19.6. The van der Waals surface area contributed by atoms with E-state index in [-0.39, 0.29) is 12.2 Å². The van der Waals surface area contributed by atoms with Crippen LogP contribution in [0.3, 0.4) is 0 Å². The lowest BCUT2D eigenvalue weighted by molar-refractivity contribution is 0.109. The number of hydrogen-bond acceptors (Lipinski definition) is 5. The van der Waals surface area contributed by atoms with Crippen molar-refractivity contribution in [1.82, 2.24) is 4.90 Å². The van der Waals surface area contributed by atoms with Crippen molar-refractivity contribution in [3.8, 4) is 5.75 Å². The van der Waals surface area contributed by atoms with Crippen LogP contribution in [0.15, 0.2) is 60.0 Å². The van der Waals surface area contributed by atoms with Crippen molar-refractivity contribution in [2.24, 2.45) is 0 Å². The van der Waals surface area contributed by atoms with Crippen LogP contribution in [0.5, 0.6) is 5.75 Å². The average Bonchev–Trinajstić information content (AvgIpc) is 3.23. The number of nitrogens with zero attached hydrogens (tertiary/aromatic N) is 1. The molecule has 0 aliphatic carbocycles. The minimum atomic E-state index is -0.334. The van der Waals surface area contributed by atoms with Gasteiger partial charge in [-0.2, -0.15) is 12.6 Å². The quantitative estimate of drug-likeness (QED) is 0.513. The van der Waals surface area contributed by atoms with Gasteiger partial charge in [0.2, 0.25) is 0 Å². The normalized spacial score (nSPS) is 11.9. The van der Waals surface area contributed by atoms with Gasteiger partial charge in [0.1, 0.15) is 18.5 Å². The molecule has 1 aromatic heterocycles. The third-order valence-electron chi connectivity index (χ3n) is 4.23. The van der Waals surface area contributed by atoms with Crippen molar-refractivity contribution in [2.45, 2.75) is 12.5 Å². The highest BCUT2D eigenvalue weighted by molar-refractivity contribution is 7.80. The minimum absolute atomic E-state index is 0.129. The number of thiol groups is 1. The van der Waals surface area contributed by atoms with E-state index >= 15 is 0 Å². The number of fused-ring (bicyclic) bond motifs is 1. The fraction of sp³-hybridized carbons (Fsp3) is 0.286. The van der Waals surface area contributed by atoms with Crippen LogP contribution in [0.4, 0.5) is 4.79 Å². The third-order valence-corrected chi connectivity index (χ3v) is 5.38. The number of rotatable bonds is 8. The maximum Gasteiger partial charge on any atom is 0.409 e. The molecule has 1 atom stereocenters. The molecule has 3 aromatic rings. The molecule has 3 rings (SSSR count). The molecular weight excluding hydrogens is 378 g/mol. The number of thiophene rings is 1. The summed E-state index contributed by atoms with van der Waals surface area (Å²) < 4.78 is 11.5. The van der Waals surface area contributed by atoms with E-state index in [2.05, 4.69) is 36.9 Å². The summed E-state index contributed by atoms with van der Waals surface area (Å²) in [6.45, 7) is 0.853. The van der Waals surface area contributed by atoms with Crippen molar-refractivity contribution in [3.63, 3.8) is 0 Å². The molecule has 0 unspecified atom stereocenters. The Hall–Kier alpha value is -2.18. The van der Waals surface area contributed by atoms with Crippen LogP contribution in [-0.4, -0.2) is 36.9 Å². The van der Waals surface area contributed by atoms with Crippen LogP contribution < -0.4 is 4.74 Å². The summed E-state index contributed by atoms with van der Waals surface area (Å²) in [6.07, 6.45) is 0.214. The smallest absolute Gasteiger partial charge is 0.409 e. The van der Waals surface area contributed by atoms with Crippen molar-refractivity contribution >= 4 is 40.8 Å². The second-order valence-corrected chi connectivity index (χ2v) is 7.57. The topological polar surface area (TPSA) is 38.8 Å². The predicted octanol–water partition coefficient (Wildman–Crippen LogP) is 5.41. The molecule has 0 aliphatic rings. The standard InChI is InChI=1S/C21H23NO3S2/c1-22(21(23)24-13-14-26)12-11-19(20-10-5-15-27-20)25-18-9-4-7-16-6-2-3-8-17(16)18/h2-10,15,19,26H,11-14H2,1H3/t19-/m0/s1. The van der Waals surface area contributed by atoms with Gasteiger partial charge < -0.3 is 14.4 Å². The molecule has 142 valence electrons. The fourth-order valence-electron chi connectivity index (χ4n) is 2.83. The summed E-state index contributed by atoms with van der Waals surface area (Å²) >= 11 is 5.72. The largest absolute Gasteiger partial charge is 0.484 e. The van der Waals surface area contributed by atoms with Crippen LogP contribution in [0, 0.1) is 0 Å². The lowest BCUT2D eigenvalue weighted by Gasteiger charge is -2.22. The molecule has 1 amide bonds. The number of carbonyl (C=O) groups excluding carboxylic acids is 1. The van der Waals surface area contributed by atoms with E-state index in [1.807, 2.05) is 35.7 Å². The van der Waals surface area contributed by atoms with Gasteiger partial charge in [-0.25, -0.2) is 4.79 Å². The Morgan fingerprint density at radius 3 is 2.74 bits per heavy atom. The highest BCUT2D eigenvalue weighted by atomic mass is 32.1. The Bertz CT molecular complexity index is 862. The Balaban J connectivity index is 1.74. The highest BCUT2D eigenvalue weighted by Crippen LogP contribution is 2.32. The van der Waals surface area contributed by atoms with Crippen molar-refractivity contribution in [1.29, 1.82) is 0 Å². The van der Waals surface area contributed by atoms with Crippen LogP contribution in [0.25, 0.3) is 10.8 Å². The van der Waals surface area contributed by atoms with E-state index in [0.717, 1.165) is 21.4 Å². The number of ether oxygens (including phenoxy) is 2. The summed E-state index contributed by atoms with van der Waals surface area (Å²) in [5.41, 5.74) is 0. The first-order chi connectivity index (χ1) is 13.2. The zero-order valence-corrected chi connectivity index (χ0v) is 16.9. The van der Waals surface area contributed by atoms with E-state index in [1.54, 1.807) is 23.3 Å². The maximum absolute atomic E-state index is 12.0. The summed E-state index contributed by atoms with van der Waals surface area (Å²) in [4.78, 5) is 14.7. The molecule has 0 fully saturated rings. The Morgan fingerprint density at radius 2 is 1.96 bits per heavy atom. The molecule has 4 nitrogen and oxygen atoms in total. The van der Waals surface area contributed by atoms with Gasteiger partial charge in [0.25, 0.3) is 0 Å². The van der Waals surface area contributed by atoms with Gasteiger partial charge in [0.05, 0.1) is 0 Å². The van der Waals surface area contributed by atoms with E-state index in [1.165, 1.54) is 0 Å². The van der Waals surface area contributed by atoms with E-state index < -0.39 is 0 Å². The molecule has 6 heteroatoms. The summed E-state index contributed by atoms with van der Waals surface area (Å²) in [6, 6.07) is 18.3. The van der Waals surface area contributed by atoms with Crippen LogP contribution >= 0.6 is 24.0 Å². The van der Waals surface area contributed by atoms with Gasteiger partial charge >= 0.3 is 6.09 Å². The van der Waals surface area contributed by atoms with Crippen LogP contribution in [-0.2, 0) is 4.74 Å². The minimum Gasteiger partial charge on any atom is -0.484 e. The molecule has 0 saturated carbocycles. The predicted molar refractivity (Wildman–Crippen MR) is 114 cm³/mol. The zero-order chi connectivity index (χ0) is 19.1. The van der Waals surface area contributed by atoms with Gasteiger partial charge in [-0.3, -0.25) is 0 Å². The van der Waals surface area contributed by atoms with Gasteiger partial charge in [-0.15, -0.1) is 11.3 Å².